The van der Waals surface area contributed by atoms with E-state index in [1.54, 1.807) is 43.3 Å². The Bertz CT molecular complexity index is 2000. The van der Waals surface area contributed by atoms with Gasteiger partial charge in [-0.3, -0.25) is 4.90 Å². The van der Waals surface area contributed by atoms with Crippen molar-refractivity contribution in [2.75, 3.05) is 14.2 Å². The van der Waals surface area contributed by atoms with Gasteiger partial charge in [-0.2, -0.15) is 39.5 Å². The molecular formula is C37H30F9NO5. The maximum atomic E-state index is 14.1. The van der Waals surface area contributed by atoms with Gasteiger partial charge in [-0.25, -0.2) is 9.59 Å². The zero-order valence-electron chi connectivity index (χ0n) is 28.1. The fraction of sp³-hybridized carbons (Fsp3) is 0.297. The monoisotopic (exact) mass is 739 g/mol. The number of halogens is 9. The fourth-order valence-corrected chi connectivity index (χ4v) is 6.32. The molecule has 52 heavy (non-hydrogen) atoms. The first-order valence-corrected chi connectivity index (χ1v) is 15.5. The number of ether oxygens (including phenoxy) is 3. The molecule has 0 unspecified atom stereocenters. The number of nitrogens with zero attached hydrogens (tertiary/aromatic N) is 1. The van der Waals surface area contributed by atoms with Crippen LogP contribution in [0.15, 0.2) is 66.7 Å². The summed E-state index contributed by atoms with van der Waals surface area (Å²) in [6.45, 7) is 3.92. The van der Waals surface area contributed by atoms with E-state index in [9.17, 15) is 49.1 Å². The Morgan fingerprint density at radius 2 is 1.35 bits per heavy atom. The van der Waals surface area contributed by atoms with Crippen LogP contribution >= 0.6 is 0 Å². The molecule has 15 heteroatoms. The SMILES string of the molecule is COC(=O)c1ccc(-c2ccc(OC)c(-c3c(C)cc(C(F)(F)F)cc3CN3C(=O)O[C@H](c4cc(C(F)(F)F)cc(C(F)(F)F)c4)[C@@H]3C)c2)c(C)c1. The topological polar surface area (TPSA) is 65.1 Å². The molecule has 1 fully saturated rings. The van der Waals surface area contributed by atoms with E-state index in [0.717, 1.165) is 17.0 Å². The van der Waals surface area contributed by atoms with Gasteiger partial charge in [0.15, 0.2) is 0 Å². The molecule has 0 N–H and O–H groups in total. The number of hydrogen-bond acceptors (Lipinski definition) is 5. The molecule has 1 heterocycles. The summed E-state index contributed by atoms with van der Waals surface area (Å²) in [5.41, 5.74) is -2.02. The molecule has 0 radical (unpaired) electrons. The predicted molar refractivity (Wildman–Crippen MR) is 170 cm³/mol. The van der Waals surface area contributed by atoms with Gasteiger partial charge in [-0.05, 0) is 114 Å². The lowest BCUT2D eigenvalue weighted by molar-refractivity contribution is -0.143. The van der Waals surface area contributed by atoms with E-state index < -0.39 is 71.5 Å². The van der Waals surface area contributed by atoms with Crippen molar-refractivity contribution in [2.24, 2.45) is 0 Å². The predicted octanol–water partition coefficient (Wildman–Crippen LogP) is 10.6. The number of esters is 1. The molecule has 0 bridgehead atoms. The molecule has 2 atom stereocenters. The number of cyclic esters (lactones) is 1. The average Bonchev–Trinajstić information content (AvgIpc) is 3.34. The van der Waals surface area contributed by atoms with Crippen LogP contribution in [-0.2, 0) is 34.5 Å². The van der Waals surface area contributed by atoms with Crippen molar-refractivity contribution in [3.63, 3.8) is 0 Å². The van der Waals surface area contributed by atoms with Crippen LogP contribution in [0.1, 0.15) is 62.3 Å². The highest BCUT2D eigenvalue weighted by atomic mass is 19.4. The van der Waals surface area contributed by atoms with Gasteiger partial charge >= 0.3 is 30.6 Å². The molecule has 5 rings (SSSR count). The second-order valence-electron chi connectivity index (χ2n) is 12.3. The molecular weight excluding hydrogens is 709 g/mol. The Kier molecular flexibility index (Phi) is 10.0. The third kappa shape index (κ3) is 7.53. The third-order valence-electron chi connectivity index (χ3n) is 8.84. The fourth-order valence-electron chi connectivity index (χ4n) is 6.32. The molecule has 1 aliphatic rings. The van der Waals surface area contributed by atoms with Crippen LogP contribution in [0.4, 0.5) is 44.3 Å². The van der Waals surface area contributed by atoms with Gasteiger partial charge in [0.05, 0.1) is 49.1 Å². The molecule has 0 aliphatic carbocycles. The molecule has 1 amide bonds. The quantitative estimate of drug-likeness (QED) is 0.139. The maximum absolute atomic E-state index is 14.1. The van der Waals surface area contributed by atoms with E-state index in [1.807, 2.05) is 0 Å². The lowest BCUT2D eigenvalue weighted by atomic mass is 9.89. The molecule has 4 aromatic rings. The van der Waals surface area contributed by atoms with Crippen LogP contribution in [0.3, 0.4) is 0 Å². The summed E-state index contributed by atoms with van der Waals surface area (Å²) in [6, 6.07) is 11.1. The number of methoxy groups -OCH3 is 2. The number of amides is 1. The number of carbonyl (C=O) groups excluding carboxylic acids is 2. The standard InChI is InChI=1S/C37H30F9NO5/c1-18-10-22(33(48)51-5)6-8-28(18)21-7-9-30(50-4)29(15-21)31-19(2)11-25(35(38,39)40)14-24(31)17-47-20(3)32(52-34(47)49)23-12-26(36(41,42)43)16-27(13-23)37(44,45)46/h6-16,20,32H,17H2,1-5H3/t20-,32-/m0/s1. The van der Waals surface area contributed by atoms with Crippen LogP contribution in [-0.4, -0.2) is 37.2 Å². The van der Waals surface area contributed by atoms with Gasteiger partial charge < -0.3 is 14.2 Å². The Hall–Kier alpha value is -5.21. The van der Waals surface area contributed by atoms with Gasteiger partial charge in [-0.1, -0.05) is 12.1 Å². The zero-order chi connectivity index (χ0) is 38.5. The summed E-state index contributed by atoms with van der Waals surface area (Å²) in [5.74, 6) is -0.309. The minimum Gasteiger partial charge on any atom is -0.496 e. The van der Waals surface area contributed by atoms with Crippen molar-refractivity contribution in [2.45, 2.75) is 58.0 Å². The van der Waals surface area contributed by atoms with E-state index in [-0.39, 0.29) is 28.5 Å². The van der Waals surface area contributed by atoms with E-state index in [0.29, 0.717) is 39.9 Å². The van der Waals surface area contributed by atoms with Crippen LogP contribution in [0, 0.1) is 13.8 Å². The normalized spacial score (nSPS) is 16.6. The highest BCUT2D eigenvalue weighted by Gasteiger charge is 2.44. The molecule has 276 valence electrons. The highest BCUT2D eigenvalue weighted by Crippen LogP contribution is 2.45. The number of aryl methyl sites for hydroxylation is 2. The number of rotatable bonds is 7. The minimum absolute atomic E-state index is 0.0509. The summed E-state index contributed by atoms with van der Waals surface area (Å²) in [6.07, 6.45) is -17.9. The smallest absolute Gasteiger partial charge is 0.416 e. The minimum atomic E-state index is -5.17. The largest absolute Gasteiger partial charge is 0.496 e. The molecule has 0 spiro atoms. The first-order valence-electron chi connectivity index (χ1n) is 15.5. The van der Waals surface area contributed by atoms with Crippen molar-refractivity contribution in [1.29, 1.82) is 0 Å². The van der Waals surface area contributed by atoms with Gasteiger partial charge in [0.1, 0.15) is 11.9 Å². The summed E-state index contributed by atoms with van der Waals surface area (Å²) in [4.78, 5) is 26.2. The van der Waals surface area contributed by atoms with Crippen molar-refractivity contribution in [1.82, 2.24) is 4.90 Å². The maximum Gasteiger partial charge on any atom is 0.416 e. The Balaban J connectivity index is 1.62. The summed E-state index contributed by atoms with van der Waals surface area (Å²) < 4.78 is 140. The molecule has 0 saturated carbocycles. The van der Waals surface area contributed by atoms with Crippen molar-refractivity contribution in [3.05, 3.63) is 111 Å². The number of alkyl halides is 9. The summed E-state index contributed by atoms with van der Waals surface area (Å²) in [5, 5.41) is 0. The Labute approximate surface area is 291 Å². The van der Waals surface area contributed by atoms with Crippen molar-refractivity contribution < 1.29 is 63.3 Å². The van der Waals surface area contributed by atoms with Crippen molar-refractivity contribution in [3.8, 4) is 28.0 Å². The second kappa shape index (κ2) is 13.7. The highest BCUT2D eigenvalue weighted by molar-refractivity contribution is 5.91. The van der Waals surface area contributed by atoms with E-state index in [4.69, 9.17) is 14.2 Å². The Morgan fingerprint density at radius 1 is 0.750 bits per heavy atom. The lowest BCUT2D eigenvalue weighted by Gasteiger charge is -2.25. The number of carbonyl (C=O) groups is 2. The van der Waals surface area contributed by atoms with Gasteiger partial charge in [0.2, 0.25) is 0 Å². The second-order valence-corrected chi connectivity index (χ2v) is 12.3. The van der Waals surface area contributed by atoms with Gasteiger partial charge in [0.25, 0.3) is 0 Å². The first-order chi connectivity index (χ1) is 24.1. The molecule has 1 aliphatic heterocycles. The lowest BCUT2D eigenvalue weighted by Crippen LogP contribution is -2.32. The summed E-state index contributed by atoms with van der Waals surface area (Å²) in [7, 11) is 2.59. The number of hydrogen-bond donors (Lipinski definition) is 0. The molecule has 0 aromatic heterocycles. The Morgan fingerprint density at radius 3 is 1.88 bits per heavy atom. The third-order valence-corrected chi connectivity index (χ3v) is 8.84. The van der Waals surface area contributed by atoms with E-state index >= 15 is 0 Å². The number of benzene rings is 4. The molecule has 4 aromatic carbocycles. The zero-order valence-corrected chi connectivity index (χ0v) is 28.1. The van der Waals surface area contributed by atoms with E-state index in [1.165, 1.54) is 28.1 Å². The van der Waals surface area contributed by atoms with Crippen LogP contribution < -0.4 is 4.74 Å². The van der Waals surface area contributed by atoms with Crippen LogP contribution in [0.5, 0.6) is 5.75 Å². The first kappa shape index (κ1) is 38.0. The molecule has 6 nitrogen and oxygen atoms in total. The summed E-state index contributed by atoms with van der Waals surface area (Å²) >= 11 is 0. The molecule has 1 saturated heterocycles. The van der Waals surface area contributed by atoms with E-state index in [2.05, 4.69) is 0 Å². The van der Waals surface area contributed by atoms with Gasteiger partial charge in [-0.15, -0.1) is 0 Å². The van der Waals surface area contributed by atoms with Crippen LogP contribution in [0.2, 0.25) is 0 Å². The van der Waals surface area contributed by atoms with Crippen LogP contribution in [0.25, 0.3) is 22.3 Å². The van der Waals surface area contributed by atoms with Crippen molar-refractivity contribution >= 4 is 12.1 Å². The van der Waals surface area contributed by atoms with Gasteiger partial charge in [0, 0.05) is 5.56 Å². The average molecular weight is 740 g/mol.